The fourth-order valence-corrected chi connectivity index (χ4v) is 2.25. The predicted molar refractivity (Wildman–Crippen MR) is 70.0 cm³/mol. The Hall–Kier alpha value is -1.83. The number of rotatable bonds is 4. The maximum atomic E-state index is 12.1. The molecule has 0 aromatic carbocycles. The minimum absolute atomic E-state index is 0.149. The first-order valence-corrected chi connectivity index (χ1v) is 6.35. The van der Waals surface area contributed by atoms with Crippen LogP contribution in [0, 0.1) is 0 Å². The fraction of sp³-hybridized carbons (Fsp3) is 0.750. The van der Waals surface area contributed by atoms with Gasteiger partial charge in [0.1, 0.15) is 6.04 Å². The number of hydrogen-bond acceptors (Lipinski definition) is 4. The van der Waals surface area contributed by atoms with Crippen LogP contribution in [-0.4, -0.2) is 58.8 Å². The fourth-order valence-electron chi connectivity index (χ4n) is 2.25. The van der Waals surface area contributed by atoms with Crippen LogP contribution < -0.4 is 11.1 Å². The highest BCUT2D eigenvalue weighted by atomic mass is 16.5. The van der Waals surface area contributed by atoms with E-state index in [0.29, 0.717) is 13.1 Å². The number of ether oxygens (including phenoxy) is 1. The molecule has 1 heterocycles. The normalized spacial score (nSPS) is 22.9. The molecule has 1 fully saturated rings. The van der Waals surface area contributed by atoms with Crippen LogP contribution in [0.5, 0.6) is 0 Å². The van der Waals surface area contributed by atoms with E-state index in [0.717, 1.165) is 0 Å². The van der Waals surface area contributed by atoms with Gasteiger partial charge in [-0.25, -0.2) is 9.59 Å². The van der Waals surface area contributed by atoms with Crippen LogP contribution in [0.25, 0.3) is 0 Å². The SMILES string of the molecule is CC1CN(C(=O)N[C@H](CC(N)=O)C(=O)O)CC(C)(C)O1. The van der Waals surface area contributed by atoms with Gasteiger partial charge >= 0.3 is 12.0 Å². The van der Waals surface area contributed by atoms with Gasteiger partial charge in [-0.2, -0.15) is 0 Å². The number of carbonyl (C=O) groups excluding carboxylic acids is 2. The van der Waals surface area contributed by atoms with E-state index in [1.54, 1.807) is 0 Å². The second-order valence-corrected chi connectivity index (χ2v) is 5.58. The van der Waals surface area contributed by atoms with Gasteiger partial charge < -0.3 is 25.8 Å². The molecule has 1 aliphatic rings. The van der Waals surface area contributed by atoms with Gasteiger partial charge in [0, 0.05) is 6.54 Å². The maximum absolute atomic E-state index is 12.1. The average Bonchev–Trinajstić information content (AvgIpc) is 2.24. The predicted octanol–water partition coefficient (Wildman–Crippen LogP) is -0.476. The first kappa shape index (κ1) is 16.2. The van der Waals surface area contributed by atoms with Crippen LogP contribution in [0.1, 0.15) is 27.2 Å². The zero-order chi connectivity index (χ0) is 15.5. The smallest absolute Gasteiger partial charge is 0.326 e. The first-order chi connectivity index (χ1) is 9.10. The lowest BCUT2D eigenvalue weighted by Gasteiger charge is -2.41. The number of urea groups is 1. The monoisotopic (exact) mass is 287 g/mol. The number of aliphatic carboxylic acids is 1. The number of primary amides is 1. The number of nitrogens with two attached hydrogens (primary N) is 1. The molecule has 1 saturated heterocycles. The van der Waals surface area contributed by atoms with E-state index in [1.807, 2.05) is 20.8 Å². The van der Waals surface area contributed by atoms with Crippen LogP contribution in [0.15, 0.2) is 0 Å². The van der Waals surface area contributed by atoms with E-state index < -0.39 is 36.0 Å². The highest BCUT2D eigenvalue weighted by Crippen LogP contribution is 2.20. The van der Waals surface area contributed by atoms with Gasteiger partial charge in [-0.05, 0) is 20.8 Å². The maximum Gasteiger partial charge on any atom is 0.326 e. The molecular weight excluding hydrogens is 266 g/mol. The van der Waals surface area contributed by atoms with Gasteiger partial charge in [0.25, 0.3) is 0 Å². The lowest BCUT2D eigenvalue weighted by molar-refractivity contribution is -0.141. The number of carboxylic acids is 1. The zero-order valence-electron chi connectivity index (χ0n) is 11.9. The molecule has 1 aliphatic heterocycles. The molecule has 8 nitrogen and oxygen atoms in total. The van der Waals surface area contributed by atoms with Crippen molar-refractivity contribution in [2.75, 3.05) is 13.1 Å². The third kappa shape index (κ3) is 4.69. The molecule has 0 spiro atoms. The molecule has 0 bridgehead atoms. The summed E-state index contributed by atoms with van der Waals surface area (Å²) in [6, 6.07) is -1.86. The van der Waals surface area contributed by atoms with Crippen molar-refractivity contribution in [3.05, 3.63) is 0 Å². The van der Waals surface area contributed by atoms with E-state index in [4.69, 9.17) is 15.6 Å². The molecule has 2 atom stereocenters. The third-order valence-corrected chi connectivity index (χ3v) is 2.86. The molecule has 0 saturated carbocycles. The zero-order valence-corrected chi connectivity index (χ0v) is 11.9. The van der Waals surface area contributed by atoms with Crippen molar-refractivity contribution in [3.63, 3.8) is 0 Å². The molecule has 0 aliphatic carbocycles. The van der Waals surface area contributed by atoms with Crippen molar-refractivity contribution in [2.45, 2.75) is 44.9 Å². The van der Waals surface area contributed by atoms with Crippen LogP contribution in [-0.2, 0) is 14.3 Å². The summed E-state index contributed by atoms with van der Waals surface area (Å²) in [7, 11) is 0. The molecule has 114 valence electrons. The topological polar surface area (TPSA) is 122 Å². The second kappa shape index (κ2) is 6.08. The highest BCUT2D eigenvalue weighted by molar-refractivity contribution is 5.87. The number of nitrogens with zero attached hydrogens (tertiary/aromatic N) is 1. The molecule has 3 amide bonds. The van der Waals surface area contributed by atoms with Gasteiger partial charge in [0.15, 0.2) is 0 Å². The number of hydrogen-bond donors (Lipinski definition) is 3. The number of carboxylic acid groups (broad SMARTS) is 1. The Morgan fingerprint density at radius 3 is 2.55 bits per heavy atom. The van der Waals surface area contributed by atoms with Crippen LogP contribution in [0.4, 0.5) is 4.79 Å². The Morgan fingerprint density at radius 2 is 2.10 bits per heavy atom. The number of amides is 3. The lowest BCUT2D eigenvalue weighted by Crippen LogP contribution is -2.58. The van der Waals surface area contributed by atoms with E-state index in [-0.39, 0.29) is 6.10 Å². The average molecular weight is 287 g/mol. The Kier molecular flexibility index (Phi) is 4.93. The molecule has 4 N–H and O–H groups in total. The van der Waals surface area contributed by atoms with Crippen molar-refractivity contribution in [1.29, 1.82) is 0 Å². The van der Waals surface area contributed by atoms with Crippen molar-refractivity contribution >= 4 is 17.9 Å². The standard InChI is InChI=1S/C12H21N3O5/c1-7-5-15(6-12(2,3)20-7)11(19)14-8(10(17)18)4-9(13)16/h7-8H,4-6H2,1-3H3,(H2,13,16)(H,14,19)(H,17,18)/t7?,8-/m1/s1. The first-order valence-electron chi connectivity index (χ1n) is 6.35. The number of morpholine rings is 1. The molecular formula is C12H21N3O5. The molecule has 0 aromatic heterocycles. The Morgan fingerprint density at radius 1 is 1.50 bits per heavy atom. The van der Waals surface area contributed by atoms with Crippen molar-refractivity contribution in [3.8, 4) is 0 Å². The molecule has 20 heavy (non-hydrogen) atoms. The summed E-state index contributed by atoms with van der Waals surface area (Å²) in [6.45, 7) is 6.23. The summed E-state index contributed by atoms with van der Waals surface area (Å²) in [5, 5.41) is 11.3. The van der Waals surface area contributed by atoms with Gasteiger partial charge in [-0.15, -0.1) is 0 Å². The summed E-state index contributed by atoms with van der Waals surface area (Å²) >= 11 is 0. The molecule has 0 radical (unpaired) electrons. The molecule has 1 unspecified atom stereocenters. The molecule has 0 aromatic rings. The third-order valence-electron chi connectivity index (χ3n) is 2.86. The van der Waals surface area contributed by atoms with Gasteiger partial charge in [-0.3, -0.25) is 4.79 Å². The van der Waals surface area contributed by atoms with Crippen LogP contribution in [0.2, 0.25) is 0 Å². The van der Waals surface area contributed by atoms with E-state index >= 15 is 0 Å². The number of nitrogens with one attached hydrogen (secondary N) is 1. The highest BCUT2D eigenvalue weighted by Gasteiger charge is 2.35. The van der Waals surface area contributed by atoms with Gasteiger partial charge in [-0.1, -0.05) is 0 Å². The molecule has 8 heteroatoms. The second-order valence-electron chi connectivity index (χ2n) is 5.58. The Bertz CT molecular complexity index is 410. The molecule has 1 rings (SSSR count). The minimum atomic E-state index is -1.32. The van der Waals surface area contributed by atoms with Crippen LogP contribution >= 0.6 is 0 Å². The summed E-state index contributed by atoms with van der Waals surface area (Å²) in [5.41, 5.74) is 4.46. The van der Waals surface area contributed by atoms with E-state index in [9.17, 15) is 14.4 Å². The van der Waals surface area contributed by atoms with Crippen molar-refractivity contribution in [2.24, 2.45) is 5.73 Å². The summed E-state index contributed by atoms with van der Waals surface area (Å²) < 4.78 is 5.66. The quantitative estimate of drug-likeness (QED) is 0.645. The lowest BCUT2D eigenvalue weighted by atomic mass is 10.1. The minimum Gasteiger partial charge on any atom is -0.480 e. The largest absolute Gasteiger partial charge is 0.480 e. The van der Waals surface area contributed by atoms with Gasteiger partial charge in [0.05, 0.1) is 24.7 Å². The van der Waals surface area contributed by atoms with Crippen LogP contribution in [0.3, 0.4) is 0 Å². The van der Waals surface area contributed by atoms with E-state index in [2.05, 4.69) is 5.32 Å². The van der Waals surface area contributed by atoms with Crippen molar-refractivity contribution < 1.29 is 24.2 Å². The Labute approximate surface area is 117 Å². The van der Waals surface area contributed by atoms with Gasteiger partial charge in [0.2, 0.25) is 5.91 Å². The Balaban J connectivity index is 2.68. The summed E-state index contributed by atoms with van der Waals surface area (Å²) in [4.78, 5) is 35.3. The summed E-state index contributed by atoms with van der Waals surface area (Å²) in [5.74, 6) is -2.08. The van der Waals surface area contributed by atoms with Crippen molar-refractivity contribution in [1.82, 2.24) is 10.2 Å². The summed E-state index contributed by atoms with van der Waals surface area (Å²) in [6.07, 6.45) is -0.589. The van der Waals surface area contributed by atoms with E-state index in [1.165, 1.54) is 4.90 Å². The number of carbonyl (C=O) groups is 3.